The Morgan fingerprint density at radius 1 is 0.929 bits per heavy atom. The molecular formula is C12H30N2. The van der Waals surface area contributed by atoms with E-state index in [4.69, 9.17) is 0 Å². The van der Waals surface area contributed by atoms with Crippen LogP contribution in [0.5, 0.6) is 0 Å². The molecule has 1 saturated heterocycles. The summed E-state index contributed by atoms with van der Waals surface area (Å²) in [6.45, 7) is 15.0. The van der Waals surface area contributed by atoms with E-state index < -0.39 is 0 Å². The summed E-state index contributed by atoms with van der Waals surface area (Å²) in [6.07, 6.45) is 2.51. The minimum absolute atomic E-state index is 0.632. The molecule has 88 valence electrons. The van der Waals surface area contributed by atoms with E-state index in [1.54, 1.807) is 0 Å². The first-order chi connectivity index (χ1) is 6.72. The molecule has 1 rings (SSSR count). The Kier molecular flexibility index (Phi) is 15.1. The minimum Gasteiger partial charge on any atom is -0.313 e. The van der Waals surface area contributed by atoms with E-state index in [2.05, 4.69) is 38.3 Å². The number of hydrogen-bond donors (Lipinski definition) is 2. The van der Waals surface area contributed by atoms with Crippen molar-refractivity contribution in [2.45, 2.75) is 66.5 Å². The third-order valence-corrected chi connectivity index (χ3v) is 2.04. The monoisotopic (exact) mass is 202 g/mol. The predicted octanol–water partition coefficient (Wildman–Crippen LogP) is 2.79. The van der Waals surface area contributed by atoms with Gasteiger partial charge in [0.15, 0.2) is 0 Å². The Balaban J connectivity index is 0. The van der Waals surface area contributed by atoms with Gasteiger partial charge in [-0.3, -0.25) is 0 Å². The quantitative estimate of drug-likeness (QED) is 0.631. The largest absolute Gasteiger partial charge is 0.313 e. The van der Waals surface area contributed by atoms with Crippen LogP contribution in [-0.2, 0) is 0 Å². The van der Waals surface area contributed by atoms with Gasteiger partial charge in [0.1, 0.15) is 0 Å². The standard InChI is InChI=1S/C7H16N2.C3H8.C2H6/c1-6-7(2)9-5-3-4-8-6;1-3-2;1-2/h6-9H,3-5H2,1-2H3;3H2,1-2H3;1-2H3. The Bertz CT molecular complexity index is 84.3. The van der Waals surface area contributed by atoms with Crippen LogP contribution in [0, 0.1) is 0 Å². The smallest absolute Gasteiger partial charge is 0.0190 e. The van der Waals surface area contributed by atoms with Crippen molar-refractivity contribution >= 4 is 0 Å². The van der Waals surface area contributed by atoms with Crippen molar-refractivity contribution in [3.63, 3.8) is 0 Å². The summed E-state index contributed by atoms with van der Waals surface area (Å²) in [5, 5.41) is 6.86. The Hall–Kier alpha value is -0.0800. The van der Waals surface area contributed by atoms with E-state index in [1.807, 2.05) is 13.8 Å². The van der Waals surface area contributed by atoms with E-state index in [0.29, 0.717) is 12.1 Å². The van der Waals surface area contributed by atoms with Crippen molar-refractivity contribution in [1.82, 2.24) is 10.6 Å². The first-order valence-electron chi connectivity index (χ1n) is 6.19. The lowest BCUT2D eigenvalue weighted by Crippen LogP contribution is -2.40. The predicted molar refractivity (Wildman–Crippen MR) is 66.9 cm³/mol. The molecule has 0 bridgehead atoms. The number of nitrogens with one attached hydrogen (secondary N) is 2. The zero-order chi connectivity index (χ0) is 11.4. The molecule has 2 atom stereocenters. The number of rotatable bonds is 0. The summed E-state index contributed by atoms with van der Waals surface area (Å²) in [6, 6.07) is 1.26. The molecule has 0 amide bonds. The molecule has 1 aliphatic rings. The van der Waals surface area contributed by atoms with Crippen LogP contribution in [0.2, 0.25) is 0 Å². The van der Waals surface area contributed by atoms with Crippen molar-refractivity contribution in [1.29, 1.82) is 0 Å². The molecule has 1 fully saturated rings. The van der Waals surface area contributed by atoms with Crippen LogP contribution in [0.4, 0.5) is 0 Å². The van der Waals surface area contributed by atoms with Gasteiger partial charge < -0.3 is 10.6 Å². The second-order valence-corrected chi connectivity index (χ2v) is 3.55. The first-order valence-corrected chi connectivity index (χ1v) is 6.19. The summed E-state index contributed by atoms with van der Waals surface area (Å²) in [4.78, 5) is 0. The van der Waals surface area contributed by atoms with E-state index in [-0.39, 0.29) is 0 Å². The van der Waals surface area contributed by atoms with Crippen LogP contribution in [-0.4, -0.2) is 25.2 Å². The molecule has 0 aromatic heterocycles. The molecule has 2 N–H and O–H groups in total. The molecule has 14 heavy (non-hydrogen) atoms. The average Bonchev–Trinajstić information content (AvgIpc) is 2.37. The van der Waals surface area contributed by atoms with Gasteiger partial charge in [0.2, 0.25) is 0 Å². The molecular weight excluding hydrogens is 172 g/mol. The van der Waals surface area contributed by atoms with Crippen molar-refractivity contribution in [2.75, 3.05) is 13.1 Å². The summed E-state index contributed by atoms with van der Waals surface area (Å²) in [5.41, 5.74) is 0. The zero-order valence-electron chi connectivity index (χ0n) is 11.0. The van der Waals surface area contributed by atoms with Crippen molar-refractivity contribution in [2.24, 2.45) is 0 Å². The molecule has 0 aromatic rings. The van der Waals surface area contributed by atoms with Crippen LogP contribution < -0.4 is 10.6 Å². The molecule has 0 saturated carbocycles. The lowest BCUT2D eigenvalue weighted by Gasteiger charge is -2.17. The van der Waals surface area contributed by atoms with Gasteiger partial charge in [-0.2, -0.15) is 0 Å². The second kappa shape index (κ2) is 12.9. The summed E-state index contributed by atoms with van der Waals surface area (Å²) in [7, 11) is 0. The Morgan fingerprint density at radius 3 is 1.50 bits per heavy atom. The normalized spacial score (nSPS) is 26.1. The molecule has 0 aliphatic carbocycles. The minimum atomic E-state index is 0.632. The van der Waals surface area contributed by atoms with Gasteiger partial charge in [-0.05, 0) is 33.4 Å². The number of hydrogen-bond acceptors (Lipinski definition) is 2. The van der Waals surface area contributed by atoms with Gasteiger partial charge in [-0.25, -0.2) is 0 Å². The first kappa shape index (κ1) is 16.4. The fourth-order valence-electron chi connectivity index (χ4n) is 1.10. The van der Waals surface area contributed by atoms with Gasteiger partial charge in [-0.15, -0.1) is 0 Å². The highest BCUT2D eigenvalue weighted by atomic mass is 15.0. The van der Waals surface area contributed by atoms with E-state index in [1.165, 1.54) is 25.9 Å². The third kappa shape index (κ3) is 10.0. The lowest BCUT2D eigenvalue weighted by atomic mass is 10.2. The lowest BCUT2D eigenvalue weighted by molar-refractivity contribution is 0.460. The molecule has 2 heteroatoms. The van der Waals surface area contributed by atoms with E-state index in [0.717, 1.165) is 0 Å². The summed E-state index contributed by atoms with van der Waals surface area (Å²) in [5.74, 6) is 0. The highest BCUT2D eigenvalue weighted by molar-refractivity contribution is 4.77. The van der Waals surface area contributed by atoms with E-state index >= 15 is 0 Å². The fraction of sp³-hybridized carbons (Fsp3) is 1.00. The van der Waals surface area contributed by atoms with Gasteiger partial charge in [0.25, 0.3) is 0 Å². The van der Waals surface area contributed by atoms with Crippen LogP contribution in [0.15, 0.2) is 0 Å². The van der Waals surface area contributed by atoms with Gasteiger partial charge in [0.05, 0.1) is 0 Å². The highest BCUT2D eigenvalue weighted by Crippen LogP contribution is 1.95. The fourth-order valence-corrected chi connectivity index (χ4v) is 1.10. The topological polar surface area (TPSA) is 24.1 Å². The van der Waals surface area contributed by atoms with Gasteiger partial charge in [0, 0.05) is 12.1 Å². The van der Waals surface area contributed by atoms with Crippen molar-refractivity contribution < 1.29 is 0 Å². The Labute approximate surface area is 90.9 Å². The van der Waals surface area contributed by atoms with Crippen LogP contribution in [0.25, 0.3) is 0 Å². The molecule has 1 heterocycles. The second-order valence-electron chi connectivity index (χ2n) is 3.55. The van der Waals surface area contributed by atoms with Crippen LogP contribution in [0.1, 0.15) is 54.4 Å². The molecule has 2 unspecified atom stereocenters. The molecule has 2 nitrogen and oxygen atoms in total. The third-order valence-electron chi connectivity index (χ3n) is 2.04. The summed E-state index contributed by atoms with van der Waals surface area (Å²) < 4.78 is 0. The van der Waals surface area contributed by atoms with Crippen molar-refractivity contribution in [3.05, 3.63) is 0 Å². The maximum Gasteiger partial charge on any atom is 0.0190 e. The van der Waals surface area contributed by atoms with Gasteiger partial charge in [-0.1, -0.05) is 34.1 Å². The van der Waals surface area contributed by atoms with Crippen LogP contribution in [0.3, 0.4) is 0 Å². The Morgan fingerprint density at radius 2 is 1.21 bits per heavy atom. The molecule has 1 aliphatic heterocycles. The molecule has 0 radical (unpaired) electrons. The molecule has 0 spiro atoms. The average molecular weight is 202 g/mol. The molecule has 0 aromatic carbocycles. The van der Waals surface area contributed by atoms with E-state index in [9.17, 15) is 0 Å². The maximum atomic E-state index is 3.43. The van der Waals surface area contributed by atoms with Crippen molar-refractivity contribution in [3.8, 4) is 0 Å². The SMILES string of the molecule is CC.CC1NCCCNC1C.CCC. The van der Waals surface area contributed by atoms with Gasteiger partial charge >= 0.3 is 0 Å². The maximum absolute atomic E-state index is 3.43. The van der Waals surface area contributed by atoms with Crippen LogP contribution >= 0.6 is 0 Å². The summed E-state index contributed by atoms with van der Waals surface area (Å²) >= 11 is 0. The zero-order valence-corrected chi connectivity index (χ0v) is 11.0. The highest BCUT2D eigenvalue weighted by Gasteiger charge is 2.12.